The maximum atomic E-state index is 12.8. The van der Waals surface area contributed by atoms with Crippen LogP contribution in [0.15, 0.2) is 24.3 Å². The van der Waals surface area contributed by atoms with Gasteiger partial charge in [0.05, 0.1) is 6.61 Å². The lowest BCUT2D eigenvalue weighted by Gasteiger charge is -2.26. The van der Waals surface area contributed by atoms with E-state index in [2.05, 4.69) is 0 Å². The number of hydrogen-bond acceptors (Lipinski definition) is 4. The minimum Gasteiger partial charge on any atom is -0.465 e. The van der Waals surface area contributed by atoms with Crippen molar-refractivity contribution in [2.24, 2.45) is 5.73 Å². The average molecular weight is 268 g/mol. The molecule has 0 bridgehead atoms. The molecule has 0 aromatic heterocycles. The first-order valence-electron chi connectivity index (χ1n) is 6.29. The molecule has 0 amide bonds. The summed E-state index contributed by atoms with van der Waals surface area (Å²) < 4.78 is 17.7. The summed E-state index contributed by atoms with van der Waals surface area (Å²) in [6, 6.07) is 6.18. The molecule has 0 saturated carbocycles. The number of nitrogens with zero attached hydrogens (tertiary/aromatic N) is 1. The van der Waals surface area contributed by atoms with Gasteiger partial charge in [-0.25, -0.2) is 4.39 Å². The number of anilines is 1. The van der Waals surface area contributed by atoms with Gasteiger partial charge in [-0.15, -0.1) is 0 Å². The first-order chi connectivity index (χ1) is 8.86. The molecule has 106 valence electrons. The molecule has 0 radical (unpaired) electrons. The Labute approximate surface area is 113 Å². The predicted octanol–water partition coefficient (Wildman–Crippen LogP) is 1.93. The number of rotatable bonds is 6. The number of nitrogens with two attached hydrogens (primary N) is 1. The fourth-order valence-electron chi connectivity index (χ4n) is 1.62. The highest BCUT2D eigenvalue weighted by Crippen LogP contribution is 2.16. The van der Waals surface area contributed by atoms with Crippen LogP contribution in [0, 0.1) is 5.82 Å². The third-order valence-electron chi connectivity index (χ3n) is 2.98. The van der Waals surface area contributed by atoms with Crippen molar-refractivity contribution < 1.29 is 13.9 Å². The van der Waals surface area contributed by atoms with E-state index in [0.717, 1.165) is 5.69 Å². The monoisotopic (exact) mass is 268 g/mol. The highest BCUT2D eigenvalue weighted by molar-refractivity contribution is 5.80. The largest absolute Gasteiger partial charge is 0.465 e. The zero-order valence-corrected chi connectivity index (χ0v) is 11.6. The van der Waals surface area contributed by atoms with Crippen molar-refractivity contribution in [1.29, 1.82) is 0 Å². The molecule has 0 aliphatic heterocycles. The molecule has 0 saturated heterocycles. The van der Waals surface area contributed by atoms with Gasteiger partial charge in [-0.3, -0.25) is 4.79 Å². The van der Waals surface area contributed by atoms with E-state index in [1.807, 2.05) is 11.9 Å². The number of halogens is 1. The number of esters is 1. The molecular formula is C14H21FN2O2. The topological polar surface area (TPSA) is 55.6 Å². The third-order valence-corrected chi connectivity index (χ3v) is 2.98. The van der Waals surface area contributed by atoms with Gasteiger partial charge in [0.2, 0.25) is 0 Å². The van der Waals surface area contributed by atoms with Crippen LogP contribution in [0.25, 0.3) is 0 Å². The van der Waals surface area contributed by atoms with Crippen LogP contribution < -0.4 is 10.6 Å². The van der Waals surface area contributed by atoms with Gasteiger partial charge >= 0.3 is 5.97 Å². The summed E-state index contributed by atoms with van der Waals surface area (Å²) in [4.78, 5) is 13.6. The molecular weight excluding hydrogens is 247 g/mol. The Kier molecular flexibility index (Phi) is 5.30. The Balaban J connectivity index is 2.56. The van der Waals surface area contributed by atoms with Crippen molar-refractivity contribution in [3.63, 3.8) is 0 Å². The molecule has 1 atom stereocenters. The Morgan fingerprint density at radius 1 is 1.42 bits per heavy atom. The van der Waals surface area contributed by atoms with Gasteiger partial charge in [-0.05, 0) is 44.5 Å². The molecule has 0 aliphatic rings. The molecule has 2 N–H and O–H groups in total. The third kappa shape index (κ3) is 4.52. The standard InChI is InChI=1S/C14H21FN2O2/c1-4-19-13(18)14(2,16)9-10-17(3)12-7-5-11(15)6-8-12/h5-8H,4,9-10,16H2,1-3H3. The van der Waals surface area contributed by atoms with E-state index in [9.17, 15) is 9.18 Å². The normalized spacial score (nSPS) is 13.7. The van der Waals surface area contributed by atoms with E-state index >= 15 is 0 Å². The second-order valence-electron chi connectivity index (χ2n) is 4.79. The Morgan fingerprint density at radius 3 is 2.53 bits per heavy atom. The molecule has 1 unspecified atom stereocenters. The maximum absolute atomic E-state index is 12.8. The van der Waals surface area contributed by atoms with Crippen molar-refractivity contribution in [3.05, 3.63) is 30.1 Å². The molecule has 0 spiro atoms. The number of hydrogen-bond donors (Lipinski definition) is 1. The molecule has 0 fully saturated rings. The minimum absolute atomic E-state index is 0.271. The van der Waals surface area contributed by atoms with Crippen LogP contribution in [0.2, 0.25) is 0 Å². The van der Waals surface area contributed by atoms with Crippen molar-refractivity contribution in [1.82, 2.24) is 0 Å². The van der Waals surface area contributed by atoms with Gasteiger partial charge in [0.1, 0.15) is 11.4 Å². The number of benzene rings is 1. The van der Waals surface area contributed by atoms with Crippen LogP contribution in [0.1, 0.15) is 20.3 Å². The van der Waals surface area contributed by atoms with Gasteiger partial charge in [0, 0.05) is 19.3 Å². The lowest BCUT2D eigenvalue weighted by Crippen LogP contribution is -2.48. The number of carbonyl (C=O) groups excluding carboxylic acids is 1. The van der Waals surface area contributed by atoms with Gasteiger partial charge in [-0.2, -0.15) is 0 Å². The van der Waals surface area contributed by atoms with Crippen molar-refractivity contribution in [3.8, 4) is 0 Å². The summed E-state index contributed by atoms with van der Waals surface area (Å²) in [5, 5.41) is 0. The highest BCUT2D eigenvalue weighted by atomic mass is 19.1. The van der Waals surface area contributed by atoms with Crippen LogP contribution in [0.3, 0.4) is 0 Å². The molecule has 1 aromatic rings. The predicted molar refractivity (Wildman–Crippen MR) is 73.5 cm³/mol. The van der Waals surface area contributed by atoms with Gasteiger partial charge in [0.25, 0.3) is 0 Å². The molecule has 0 heterocycles. The zero-order valence-electron chi connectivity index (χ0n) is 11.6. The molecule has 4 nitrogen and oxygen atoms in total. The summed E-state index contributed by atoms with van der Waals surface area (Å²) >= 11 is 0. The SMILES string of the molecule is CCOC(=O)C(C)(N)CCN(C)c1ccc(F)cc1. The Hall–Kier alpha value is -1.62. The quantitative estimate of drug-likeness (QED) is 0.801. The van der Waals surface area contributed by atoms with Crippen molar-refractivity contribution >= 4 is 11.7 Å². The van der Waals surface area contributed by atoms with Crippen LogP contribution in [0.5, 0.6) is 0 Å². The second kappa shape index (κ2) is 6.52. The highest BCUT2D eigenvalue weighted by Gasteiger charge is 2.29. The van der Waals surface area contributed by atoms with Crippen molar-refractivity contribution in [2.45, 2.75) is 25.8 Å². The number of ether oxygens (including phenoxy) is 1. The lowest BCUT2D eigenvalue weighted by atomic mass is 9.99. The van der Waals surface area contributed by atoms with Crippen LogP contribution in [0.4, 0.5) is 10.1 Å². The molecule has 1 aromatic carbocycles. The van der Waals surface area contributed by atoms with E-state index in [4.69, 9.17) is 10.5 Å². The summed E-state index contributed by atoms with van der Waals surface area (Å²) in [6.45, 7) is 4.30. The average Bonchev–Trinajstić information content (AvgIpc) is 2.37. The lowest BCUT2D eigenvalue weighted by molar-refractivity contribution is -0.149. The van der Waals surface area contributed by atoms with Gasteiger partial charge in [-0.1, -0.05) is 0 Å². The van der Waals surface area contributed by atoms with Crippen molar-refractivity contribution in [2.75, 3.05) is 25.1 Å². The van der Waals surface area contributed by atoms with E-state index < -0.39 is 11.5 Å². The van der Waals surface area contributed by atoms with Crippen LogP contribution in [-0.4, -0.2) is 31.7 Å². The van der Waals surface area contributed by atoms with E-state index in [-0.39, 0.29) is 5.82 Å². The van der Waals surface area contributed by atoms with Crippen LogP contribution in [-0.2, 0) is 9.53 Å². The minimum atomic E-state index is -1.01. The Bertz CT molecular complexity index is 418. The van der Waals surface area contributed by atoms with Crippen LogP contribution >= 0.6 is 0 Å². The fourth-order valence-corrected chi connectivity index (χ4v) is 1.62. The van der Waals surface area contributed by atoms with Gasteiger partial charge < -0.3 is 15.4 Å². The van der Waals surface area contributed by atoms with Gasteiger partial charge in [0.15, 0.2) is 0 Å². The molecule has 0 aliphatic carbocycles. The second-order valence-corrected chi connectivity index (χ2v) is 4.79. The Morgan fingerprint density at radius 2 is 2.00 bits per heavy atom. The summed E-state index contributed by atoms with van der Waals surface area (Å²) in [6.07, 6.45) is 0.458. The zero-order chi connectivity index (χ0) is 14.5. The summed E-state index contributed by atoms with van der Waals surface area (Å²) in [5.41, 5.74) is 5.80. The molecule has 19 heavy (non-hydrogen) atoms. The van der Waals surface area contributed by atoms with E-state index in [1.165, 1.54) is 12.1 Å². The summed E-state index contributed by atoms with van der Waals surface area (Å²) in [5.74, 6) is -0.671. The maximum Gasteiger partial charge on any atom is 0.325 e. The van der Waals surface area contributed by atoms with E-state index in [0.29, 0.717) is 19.6 Å². The fraction of sp³-hybridized carbons (Fsp3) is 0.500. The van der Waals surface area contributed by atoms with E-state index in [1.54, 1.807) is 26.0 Å². The molecule has 5 heteroatoms. The first-order valence-corrected chi connectivity index (χ1v) is 6.29. The number of carbonyl (C=O) groups is 1. The molecule has 1 rings (SSSR count). The summed E-state index contributed by atoms with van der Waals surface area (Å²) in [7, 11) is 1.87. The smallest absolute Gasteiger partial charge is 0.325 e. The first kappa shape index (κ1) is 15.4.